The first-order valence-corrected chi connectivity index (χ1v) is 8.11. The van der Waals surface area contributed by atoms with Crippen LogP contribution in [0, 0.1) is 12.8 Å². The number of benzene rings is 1. The van der Waals surface area contributed by atoms with E-state index in [0.717, 1.165) is 11.3 Å². The summed E-state index contributed by atoms with van der Waals surface area (Å²) in [4.78, 5) is 27.6. The van der Waals surface area contributed by atoms with Crippen molar-refractivity contribution in [2.75, 3.05) is 10.6 Å². The smallest absolute Gasteiger partial charge is 0.270 e. The summed E-state index contributed by atoms with van der Waals surface area (Å²) in [5.74, 6) is -0.601. The predicted octanol–water partition coefficient (Wildman–Crippen LogP) is 3.28. The molecule has 0 aliphatic heterocycles. The van der Waals surface area contributed by atoms with E-state index in [9.17, 15) is 9.59 Å². The Morgan fingerprint density at radius 1 is 1.26 bits per heavy atom. The lowest BCUT2D eigenvalue weighted by Crippen LogP contribution is -2.18. The highest BCUT2D eigenvalue weighted by molar-refractivity contribution is 7.20. The summed E-state index contributed by atoms with van der Waals surface area (Å²) in [7, 11) is 0. The monoisotopic (exact) mass is 332 g/mol. The average Bonchev–Trinajstić information content (AvgIpc) is 2.83. The molecule has 1 aromatic carbocycles. The first-order valence-electron chi connectivity index (χ1n) is 7.29. The van der Waals surface area contributed by atoms with Crippen LogP contribution in [0.15, 0.2) is 24.3 Å². The fraction of sp³-hybridized carbons (Fsp3) is 0.312. The standard InChI is InChI=1S/C16H20N4O2S/c1-9(2)8-12(21)19-15-13(14(17)22)20-16(23-15)18-11-6-4-10(3)5-7-11/h4-7,9H,8H2,1-3H3,(H2,17,22)(H,18,20)(H,19,21). The van der Waals surface area contributed by atoms with Gasteiger partial charge in [0.25, 0.3) is 5.91 Å². The Hall–Kier alpha value is -2.41. The topological polar surface area (TPSA) is 97.1 Å². The van der Waals surface area contributed by atoms with Crippen molar-refractivity contribution >= 4 is 39.0 Å². The number of anilines is 3. The maximum absolute atomic E-state index is 11.9. The molecule has 0 saturated carbocycles. The van der Waals surface area contributed by atoms with Crippen LogP contribution in [0.25, 0.3) is 0 Å². The number of nitrogens with one attached hydrogen (secondary N) is 2. The van der Waals surface area contributed by atoms with Crippen LogP contribution in [0.5, 0.6) is 0 Å². The minimum atomic E-state index is -0.668. The van der Waals surface area contributed by atoms with Gasteiger partial charge in [-0.15, -0.1) is 0 Å². The second kappa shape index (κ2) is 7.23. The van der Waals surface area contributed by atoms with Crippen molar-refractivity contribution in [3.05, 3.63) is 35.5 Å². The van der Waals surface area contributed by atoms with Gasteiger partial charge < -0.3 is 16.4 Å². The van der Waals surface area contributed by atoms with Crippen LogP contribution in [-0.2, 0) is 4.79 Å². The van der Waals surface area contributed by atoms with E-state index in [0.29, 0.717) is 16.6 Å². The molecule has 1 heterocycles. The molecule has 0 unspecified atom stereocenters. The van der Waals surface area contributed by atoms with Crippen molar-refractivity contribution in [1.29, 1.82) is 0 Å². The molecule has 7 heteroatoms. The number of aromatic nitrogens is 1. The van der Waals surface area contributed by atoms with Crippen molar-refractivity contribution in [2.45, 2.75) is 27.2 Å². The molecule has 0 saturated heterocycles. The number of rotatable bonds is 6. The molecule has 2 aromatic rings. The molecule has 0 fully saturated rings. The van der Waals surface area contributed by atoms with Crippen LogP contribution in [0.4, 0.5) is 15.8 Å². The van der Waals surface area contributed by atoms with Gasteiger partial charge in [0.15, 0.2) is 10.8 Å². The third-order valence-electron chi connectivity index (χ3n) is 3.01. The van der Waals surface area contributed by atoms with E-state index >= 15 is 0 Å². The lowest BCUT2D eigenvalue weighted by molar-refractivity contribution is -0.116. The minimum absolute atomic E-state index is 0.0710. The maximum Gasteiger partial charge on any atom is 0.270 e. The average molecular weight is 332 g/mol. The molecule has 122 valence electrons. The number of hydrogen-bond donors (Lipinski definition) is 3. The van der Waals surface area contributed by atoms with Gasteiger partial charge in [0.05, 0.1) is 0 Å². The Balaban J connectivity index is 2.19. The highest BCUT2D eigenvalue weighted by atomic mass is 32.1. The molecule has 0 aliphatic rings. The molecule has 6 nitrogen and oxygen atoms in total. The first kappa shape index (κ1) is 17.0. The van der Waals surface area contributed by atoms with Crippen molar-refractivity contribution in [2.24, 2.45) is 11.7 Å². The third-order valence-corrected chi connectivity index (χ3v) is 3.90. The Bertz CT molecular complexity index is 707. The second-order valence-electron chi connectivity index (χ2n) is 5.70. The maximum atomic E-state index is 11.9. The van der Waals surface area contributed by atoms with Gasteiger partial charge in [0.1, 0.15) is 5.00 Å². The number of amides is 2. The zero-order valence-electron chi connectivity index (χ0n) is 13.3. The van der Waals surface area contributed by atoms with Crippen molar-refractivity contribution in [3.8, 4) is 0 Å². The van der Waals surface area contributed by atoms with E-state index < -0.39 is 5.91 Å². The van der Waals surface area contributed by atoms with Crippen molar-refractivity contribution in [1.82, 2.24) is 4.98 Å². The zero-order chi connectivity index (χ0) is 17.0. The van der Waals surface area contributed by atoms with Crippen LogP contribution >= 0.6 is 11.3 Å². The van der Waals surface area contributed by atoms with Crippen molar-refractivity contribution in [3.63, 3.8) is 0 Å². The number of hydrogen-bond acceptors (Lipinski definition) is 5. The lowest BCUT2D eigenvalue weighted by Gasteiger charge is -2.05. The molecular formula is C16H20N4O2S. The normalized spacial score (nSPS) is 10.6. The van der Waals surface area contributed by atoms with E-state index in [4.69, 9.17) is 5.73 Å². The summed E-state index contributed by atoms with van der Waals surface area (Å²) in [6, 6.07) is 7.77. The Morgan fingerprint density at radius 3 is 2.48 bits per heavy atom. The SMILES string of the molecule is Cc1ccc(Nc2nc(C(N)=O)c(NC(=O)CC(C)C)s2)cc1. The van der Waals surface area contributed by atoms with Crippen LogP contribution < -0.4 is 16.4 Å². The fourth-order valence-corrected chi connectivity index (χ4v) is 2.84. The Kier molecular flexibility index (Phi) is 5.33. The number of aryl methyl sites for hydroxylation is 1. The summed E-state index contributed by atoms with van der Waals surface area (Å²) < 4.78 is 0. The van der Waals surface area contributed by atoms with Gasteiger partial charge >= 0.3 is 0 Å². The number of nitrogens with two attached hydrogens (primary N) is 1. The van der Waals surface area contributed by atoms with E-state index in [-0.39, 0.29) is 17.5 Å². The molecule has 0 aliphatic carbocycles. The molecular weight excluding hydrogens is 312 g/mol. The minimum Gasteiger partial charge on any atom is -0.364 e. The van der Waals surface area contributed by atoms with Crippen LogP contribution in [0.1, 0.15) is 36.3 Å². The van der Waals surface area contributed by atoms with E-state index in [2.05, 4.69) is 15.6 Å². The van der Waals surface area contributed by atoms with Gasteiger partial charge in [-0.05, 0) is 25.0 Å². The fourth-order valence-electron chi connectivity index (χ4n) is 1.93. The molecule has 2 amide bonds. The summed E-state index contributed by atoms with van der Waals surface area (Å²) >= 11 is 1.19. The van der Waals surface area contributed by atoms with E-state index in [1.807, 2.05) is 45.0 Å². The molecule has 0 radical (unpaired) electrons. The van der Waals surface area contributed by atoms with Gasteiger partial charge in [-0.1, -0.05) is 42.9 Å². The molecule has 0 spiro atoms. The number of carbonyl (C=O) groups is 2. The number of nitrogens with zero attached hydrogens (tertiary/aromatic N) is 1. The molecule has 0 atom stereocenters. The highest BCUT2D eigenvalue weighted by Crippen LogP contribution is 2.30. The molecule has 1 aromatic heterocycles. The number of thiazole rings is 1. The number of carbonyl (C=O) groups excluding carboxylic acids is 2. The summed E-state index contributed by atoms with van der Waals surface area (Å²) in [6.07, 6.45) is 0.372. The van der Waals surface area contributed by atoms with Gasteiger partial charge in [-0.3, -0.25) is 9.59 Å². The Labute approximate surface area is 139 Å². The molecule has 2 rings (SSSR count). The summed E-state index contributed by atoms with van der Waals surface area (Å²) in [6.45, 7) is 5.90. The molecule has 0 bridgehead atoms. The van der Waals surface area contributed by atoms with Crippen molar-refractivity contribution < 1.29 is 9.59 Å². The van der Waals surface area contributed by atoms with E-state index in [1.54, 1.807) is 0 Å². The predicted molar refractivity (Wildman–Crippen MR) is 93.2 cm³/mol. The van der Waals surface area contributed by atoms with Crippen LogP contribution in [0.2, 0.25) is 0 Å². The summed E-state index contributed by atoms with van der Waals surface area (Å²) in [5, 5.41) is 6.70. The van der Waals surface area contributed by atoms with Gasteiger partial charge in [0, 0.05) is 12.1 Å². The third kappa shape index (κ3) is 4.79. The van der Waals surface area contributed by atoms with Gasteiger partial charge in [0.2, 0.25) is 5.91 Å². The van der Waals surface area contributed by atoms with Gasteiger partial charge in [-0.2, -0.15) is 0 Å². The van der Waals surface area contributed by atoms with Gasteiger partial charge in [-0.25, -0.2) is 4.98 Å². The van der Waals surface area contributed by atoms with E-state index in [1.165, 1.54) is 11.3 Å². The first-order chi connectivity index (χ1) is 10.8. The molecule has 4 N–H and O–H groups in total. The highest BCUT2D eigenvalue weighted by Gasteiger charge is 2.18. The summed E-state index contributed by atoms with van der Waals surface area (Å²) in [5.41, 5.74) is 7.41. The van der Waals surface area contributed by atoms with Crippen LogP contribution in [-0.4, -0.2) is 16.8 Å². The zero-order valence-corrected chi connectivity index (χ0v) is 14.2. The quantitative estimate of drug-likeness (QED) is 0.756. The lowest BCUT2D eigenvalue weighted by atomic mass is 10.1. The number of primary amides is 1. The second-order valence-corrected chi connectivity index (χ2v) is 6.70. The molecule has 23 heavy (non-hydrogen) atoms. The largest absolute Gasteiger partial charge is 0.364 e. The Morgan fingerprint density at radius 2 is 1.91 bits per heavy atom. The van der Waals surface area contributed by atoms with Crippen LogP contribution in [0.3, 0.4) is 0 Å².